The predicted molar refractivity (Wildman–Crippen MR) is 65.1 cm³/mol. The number of hydrogen-bond donors (Lipinski definition) is 1. The van der Waals surface area contributed by atoms with Crippen LogP contribution in [0.4, 0.5) is 0 Å². The molecule has 0 aromatic heterocycles. The minimum absolute atomic E-state index is 0.0758. The fourth-order valence-electron chi connectivity index (χ4n) is 2.47. The van der Waals surface area contributed by atoms with Gasteiger partial charge in [-0.1, -0.05) is 27.2 Å². The number of aliphatic hydroxyl groups excluding tert-OH is 1. The van der Waals surface area contributed by atoms with Gasteiger partial charge < -0.3 is 10.0 Å². The van der Waals surface area contributed by atoms with E-state index in [9.17, 15) is 9.90 Å². The SMILES string of the molecule is CC[C@@H](C)C[C@@H](C)C(=O)N1CCC[C@H]1CO. The van der Waals surface area contributed by atoms with Crippen LogP contribution in [-0.2, 0) is 4.79 Å². The van der Waals surface area contributed by atoms with E-state index in [1.165, 1.54) is 0 Å². The molecule has 94 valence electrons. The molecule has 0 spiro atoms. The van der Waals surface area contributed by atoms with E-state index in [-0.39, 0.29) is 24.5 Å². The van der Waals surface area contributed by atoms with Gasteiger partial charge >= 0.3 is 0 Å². The maximum Gasteiger partial charge on any atom is 0.225 e. The van der Waals surface area contributed by atoms with Gasteiger partial charge in [0.1, 0.15) is 0 Å². The Balaban J connectivity index is 2.49. The van der Waals surface area contributed by atoms with Crippen molar-refractivity contribution in [2.75, 3.05) is 13.2 Å². The average molecular weight is 227 g/mol. The molecule has 1 aliphatic heterocycles. The number of carbonyl (C=O) groups is 1. The molecule has 1 rings (SSSR count). The highest BCUT2D eigenvalue weighted by Gasteiger charge is 2.30. The summed E-state index contributed by atoms with van der Waals surface area (Å²) < 4.78 is 0. The summed E-state index contributed by atoms with van der Waals surface area (Å²) in [6, 6.07) is 0.0758. The van der Waals surface area contributed by atoms with Crippen LogP contribution in [0.1, 0.15) is 46.5 Å². The molecule has 0 radical (unpaired) electrons. The van der Waals surface area contributed by atoms with Gasteiger partial charge in [0, 0.05) is 12.5 Å². The Morgan fingerprint density at radius 2 is 2.19 bits per heavy atom. The zero-order valence-electron chi connectivity index (χ0n) is 10.8. The fraction of sp³-hybridized carbons (Fsp3) is 0.923. The fourth-order valence-corrected chi connectivity index (χ4v) is 2.47. The molecule has 16 heavy (non-hydrogen) atoms. The van der Waals surface area contributed by atoms with Gasteiger partial charge in [-0.05, 0) is 25.2 Å². The third-order valence-electron chi connectivity index (χ3n) is 3.75. The molecule has 3 heteroatoms. The predicted octanol–water partition coefficient (Wildman–Crippen LogP) is 2.04. The first-order valence-electron chi connectivity index (χ1n) is 6.51. The van der Waals surface area contributed by atoms with E-state index in [0.717, 1.165) is 32.2 Å². The molecular weight excluding hydrogens is 202 g/mol. The lowest BCUT2D eigenvalue weighted by Gasteiger charge is -2.27. The van der Waals surface area contributed by atoms with Gasteiger partial charge in [-0.25, -0.2) is 0 Å². The Morgan fingerprint density at radius 1 is 1.50 bits per heavy atom. The third-order valence-corrected chi connectivity index (χ3v) is 3.75. The topological polar surface area (TPSA) is 40.5 Å². The second kappa shape index (κ2) is 6.24. The minimum Gasteiger partial charge on any atom is -0.394 e. The molecule has 1 aliphatic rings. The molecule has 1 heterocycles. The van der Waals surface area contributed by atoms with Crippen LogP contribution in [0.2, 0.25) is 0 Å². The molecule has 1 fully saturated rings. The standard InChI is InChI=1S/C13H25NO2/c1-4-10(2)8-11(3)13(16)14-7-5-6-12(14)9-15/h10-12,15H,4-9H2,1-3H3/t10-,11-,12+/m1/s1. The highest BCUT2D eigenvalue weighted by molar-refractivity contribution is 5.79. The third kappa shape index (κ3) is 3.21. The second-order valence-corrected chi connectivity index (χ2v) is 5.16. The summed E-state index contributed by atoms with van der Waals surface area (Å²) in [5, 5.41) is 9.20. The van der Waals surface area contributed by atoms with Crippen molar-refractivity contribution < 1.29 is 9.90 Å². The molecular formula is C13H25NO2. The van der Waals surface area contributed by atoms with Crippen LogP contribution in [0.15, 0.2) is 0 Å². The summed E-state index contributed by atoms with van der Waals surface area (Å²) >= 11 is 0. The lowest BCUT2D eigenvalue weighted by Crippen LogP contribution is -2.41. The van der Waals surface area contributed by atoms with Crippen LogP contribution in [-0.4, -0.2) is 35.1 Å². The summed E-state index contributed by atoms with van der Waals surface area (Å²) in [5.41, 5.74) is 0. The molecule has 1 saturated heterocycles. The summed E-state index contributed by atoms with van der Waals surface area (Å²) in [7, 11) is 0. The van der Waals surface area contributed by atoms with Gasteiger partial charge in [-0.15, -0.1) is 0 Å². The Bertz CT molecular complexity index is 230. The highest BCUT2D eigenvalue weighted by atomic mass is 16.3. The molecule has 0 saturated carbocycles. The van der Waals surface area contributed by atoms with Crippen molar-refractivity contribution in [3.63, 3.8) is 0 Å². The summed E-state index contributed by atoms with van der Waals surface area (Å²) in [4.78, 5) is 14.1. The van der Waals surface area contributed by atoms with Crippen molar-refractivity contribution in [1.29, 1.82) is 0 Å². The number of hydrogen-bond acceptors (Lipinski definition) is 2. The number of likely N-dealkylation sites (tertiary alicyclic amines) is 1. The van der Waals surface area contributed by atoms with Crippen LogP contribution in [0.25, 0.3) is 0 Å². The van der Waals surface area contributed by atoms with E-state index in [0.29, 0.717) is 5.92 Å². The molecule has 0 bridgehead atoms. The molecule has 0 aliphatic carbocycles. The maximum absolute atomic E-state index is 12.2. The monoisotopic (exact) mass is 227 g/mol. The van der Waals surface area contributed by atoms with E-state index >= 15 is 0 Å². The Kier molecular flexibility index (Phi) is 5.26. The molecule has 0 aromatic rings. The number of nitrogens with zero attached hydrogens (tertiary/aromatic N) is 1. The van der Waals surface area contributed by atoms with Gasteiger partial charge in [0.05, 0.1) is 12.6 Å². The molecule has 1 amide bonds. The summed E-state index contributed by atoms with van der Waals surface area (Å²) in [5.74, 6) is 0.938. The van der Waals surface area contributed by atoms with E-state index in [1.807, 2.05) is 11.8 Å². The first-order valence-corrected chi connectivity index (χ1v) is 6.51. The largest absolute Gasteiger partial charge is 0.394 e. The van der Waals surface area contributed by atoms with Crippen molar-refractivity contribution in [2.24, 2.45) is 11.8 Å². The number of aliphatic hydroxyl groups is 1. The van der Waals surface area contributed by atoms with Crippen molar-refractivity contribution in [3.05, 3.63) is 0 Å². The van der Waals surface area contributed by atoms with Crippen molar-refractivity contribution >= 4 is 5.91 Å². The Labute approximate surface area is 98.8 Å². The van der Waals surface area contributed by atoms with Crippen molar-refractivity contribution in [2.45, 2.75) is 52.5 Å². The normalized spacial score (nSPS) is 24.5. The first-order chi connectivity index (χ1) is 7.60. The molecule has 0 aromatic carbocycles. The molecule has 0 unspecified atom stereocenters. The van der Waals surface area contributed by atoms with Crippen LogP contribution >= 0.6 is 0 Å². The zero-order chi connectivity index (χ0) is 12.1. The van der Waals surface area contributed by atoms with Gasteiger partial charge in [-0.2, -0.15) is 0 Å². The van der Waals surface area contributed by atoms with Crippen LogP contribution in [0.3, 0.4) is 0 Å². The van der Waals surface area contributed by atoms with Crippen molar-refractivity contribution in [3.8, 4) is 0 Å². The Hall–Kier alpha value is -0.570. The van der Waals surface area contributed by atoms with Crippen LogP contribution in [0.5, 0.6) is 0 Å². The smallest absolute Gasteiger partial charge is 0.225 e. The number of rotatable bonds is 5. The van der Waals surface area contributed by atoms with Crippen LogP contribution in [0, 0.1) is 11.8 Å². The maximum atomic E-state index is 12.2. The van der Waals surface area contributed by atoms with E-state index < -0.39 is 0 Å². The summed E-state index contributed by atoms with van der Waals surface area (Å²) in [6.45, 7) is 7.31. The number of carbonyl (C=O) groups excluding carboxylic acids is 1. The van der Waals surface area contributed by atoms with Gasteiger partial charge in [0.2, 0.25) is 5.91 Å². The summed E-state index contributed by atoms with van der Waals surface area (Å²) in [6.07, 6.45) is 4.08. The first kappa shape index (κ1) is 13.5. The quantitative estimate of drug-likeness (QED) is 0.781. The van der Waals surface area contributed by atoms with Crippen LogP contribution < -0.4 is 0 Å². The lowest BCUT2D eigenvalue weighted by molar-refractivity contribution is -0.137. The van der Waals surface area contributed by atoms with Crippen molar-refractivity contribution in [1.82, 2.24) is 4.90 Å². The highest BCUT2D eigenvalue weighted by Crippen LogP contribution is 2.23. The van der Waals surface area contributed by atoms with Gasteiger partial charge in [0.15, 0.2) is 0 Å². The molecule has 3 nitrogen and oxygen atoms in total. The minimum atomic E-state index is 0.0758. The van der Waals surface area contributed by atoms with Gasteiger partial charge in [0.25, 0.3) is 0 Å². The van der Waals surface area contributed by atoms with Gasteiger partial charge in [-0.3, -0.25) is 4.79 Å². The lowest BCUT2D eigenvalue weighted by atomic mass is 9.94. The number of amides is 1. The molecule has 1 N–H and O–H groups in total. The van der Waals surface area contributed by atoms with E-state index in [1.54, 1.807) is 0 Å². The molecule has 3 atom stereocenters. The Morgan fingerprint density at radius 3 is 2.75 bits per heavy atom. The zero-order valence-corrected chi connectivity index (χ0v) is 10.8. The van der Waals surface area contributed by atoms with E-state index in [4.69, 9.17) is 0 Å². The second-order valence-electron chi connectivity index (χ2n) is 5.16. The van der Waals surface area contributed by atoms with E-state index in [2.05, 4.69) is 13.8 Å². The average Bonchev–Trinajstić information content (AvgIpc) is 2.75.